The van der Waals surface area contributed by atoms with E-state index in [0.29, 0.717) is 5.69 Å². The van der Waals surface area contributed by atoms with Crippen LogP contribution in [0.25, 0.3) is 0 Å². The molecule has 0 aromatic carbocycles. The van der Waals surface area contributed by atoms with Crippen LogP contribution in [-0.2, 0) is 0 Å². The molecule has 0 bridgehead atoms. The normalized spacial score (nSPS) is 10.1. The molecule has 4 heteroatoms. The molecule has 0 aliphatic carbocycles. The van der Waals surface area contributed by atoms with Gasteiger partial charge in [-0.05, 0) is 13.8 Å². The predicted octanol–water partition coefficient (Wildman–Crippen LogP) is 2.19. The van der Waals surface area contributed by atoms with Crippen molar-refractivity contribution in [1.82, 2.24) is 4.98 Å². The Morgan fingerprint density at radius 3 is 2.54 bits per heavy atom. The number of rotatable bonds is 4. The smallest absolute Gasteiger partial charge is 0.185 e. The third kappa shape index (κ3) is 2.28. The van der Waals surface area contributed by atoms with E-state index in [9.17, 15) is 4.79 Å². The van der Waals surface area contributed by atoms with Crippen molar-refractivity contribution in [2.75, 3.05) is 18.0 Å². The summed E-state index contributed by atoms with van der Waals surface area (Å²) < 4.78 is 0. The van der Waals surface area contributed by atoms with Crippen LogP contribution in [0.1, 0.15) is 31.3 Å². The van der Waals surface area contributed by atoms with Gasteiger partial charge in [-0.2, -0.15) is 0 Å². The van der Waals surface area contributed by atoms with Gasteiger partial charge >= 0.3 is 0 Å². The molecule has 72 valence electrons. The number of hydrogen-bond acceptors (Lipinski definition) is 4. The van der Waals surface area contributed by atoms with Crippen LogP contribution in [0.15, 0.2) is 5.38 Å². The van der Waals surface area contributed by atoms with Crippen LogP contribution in [0.5, 0.6) is 0 Å². The van der Waals surface area contributed by atoms with Crippen molar-refractivity contribution >= 4 is 22.3 Å². The van der Waals surface area contributed by atoms with Crippen LogP contribution in [0.3, 0.4) is 0 Å². The number of aromatic nitrogens is 1. The first kappa shape index (κ1) is 10.2. The Morgan fingerprint density at radius 2 is 2.15 bits per heavy atom. The lowest BCUT2D eigenvalue weighted by Crippen LogP contribution is -2.21. The van der Waals surface area contributed by atoms with E-state index in [1.54, 1.807) is 6.92 Å². The number of hydrogen-bond donors (Lipinski definition) is 0. The van der Waals surface area contributed by atoms with E-state index in [4.69, 9.17) is 0 Å². The molecule has 1 heterocycles. The maximum atomic E-state index is 11.0. The fourth-order valence-corrected chi connectivity index (χ4v) is 2.06. The highest BCUT2D eigenvalue weighted by Crippen LogP contribution is 2.20. The quantitative estimate of drug-likeness (QED) is 0.695. The molecule has 0 radical (unpaired) electrons. The van der Waals surface area contributed by atoms with Gasteiger partial charge < -0.3 is 4.90 Å². The zero-order valence-electron chi connectivity index (χ0n) is 8.20. The maximum absolute atomic E-state index is 11.0. The maximum Gasteiger partial charge on any atom is 0.185 e. The van der Waals surface area contributed by atoms with Gasteiger partial charge in [0.25, 0.3) is 0 Å². The van der Waals surface area contributed by atoms with Crippen LogP contribution >= 0.6 is 11.3 Å². The summed E-state index contributed by atoms with van der Waals surface area (Å²) in [4.78, 5) is 17.4. The van der Waals surface area contributed by atoms with E-state index in [0.717, 1.165) is 18.2 Å². The van der Waals surface area contributed by atoms with E-state index in [-0.39, 0.29) is 5.78 Å². The highest BCUT2D eigenvalue weighted by Gasteiger charge is 2.09. The number of anilines is 1. The Kier molecular flexibility index (Phi) is 3.42. The van der Waals surface area contributed by atoms with Gasteiger partial charge in [0.15, 0.2) is 10.9 Å². The van der Waals surface area contributed by atoms with Gasteiger partial charge in [0.1, 0.15) is 5.69 Å². The first-order chi connectivity index (χ1) is 6.19. The zero-order valence-corrected chi connectivity index (χ0v) is 9.02. The molecular formula is C9H14N2OS. The summed E-state index contributed by atoms with van der Waals surface area (Å²) in [7, 11) is 0. The summed E-state index contributed by atoms with van der Waals surface area (Å²) in [5.74, 6) is 0.0367. The average molecular weight is 198 g/mol. The molecule has 0 saturated heterocycles. The second kappa shape index (κ2) is 4.37. The molecule has 0 N–H and O–H groups in total. The zero-order chi connectivity index (χ0) is 9.84. The molecule has 0 atom stereocenters. The molecule has 1 rings (SSSR count). The third-order valence-corrected chi connectivity index (χ3v) is 2.79. The second-order valence-electron chi connectivity index (χ2n) is 2.74. The summed E-state index contributed by atoms with van der Waals surface area (Å²) in [6.07, 6.45) is 0. The fourth-order valence-electron chi connectivity index (χ4n) is 1.07. The molecular weight excluding hydrogens is 184 g/mol. The van der Waals surface area contributed by atoms with Crippen molar-refractivity contribution in [3.05, 3.63) is 11.1 Å². The average Bonchev–Trinajstić information content (AvgIpc) is 2.56. The lowest BCUT2D eigenvalue weighted by Gasteiger charge is -2.16. The Morgan fingerprint density at radius 1 is 1.54 bits per heavy atom. The summed E-state index contributed by atoms with van der Waals surface area (Å²) in [6, 6.07) is 0. The number of carbonyl (C=O) groups is 1. The van der Waals surface area contributed by atoms with E-state index in [1.165, 1.54) is 11.3 Å². The van der Waals surface area contributed by atoms with Crippen LogP contribution in [0, 0.1) is 0 Å². The van der Waals surface area contributed by atoms with Crippen molar-refractivity contribution in [1.29, 1.82) is 0 Å². The number of Topliss-reactive ketones (excluding diaryl/α,β-unsaturated/α-hetero) is 1. The topological polar surface area (TPSA) is 33.2 Å². The molecule has 0 aliphatic heterocycles. The number of nitrogens with zero attached hydrogens (tertiary/aromatic N) is 2. The fraction of sp³-hybridized carbons (Fsp3) is 0.556. The highest BCUT2D eigenvalue weighted by atomic mass is 32.1. The molecule has 3 nitrogen and oxygen atoms in total. The molecule has 13 heavy (non-hydrogen) atoms. The molecule has 1 aromatic rings. The standard InChI is InChI=1S/C9H14N2OS/c1-4-11(5-2)9-10-8(6-13-9)7(3)12/h6H,4-5H2,1-3H3. The van der Waals surface area contributed by atoms with Gasteiger partial charge in [-0.15, -0.1) is 11.3 Å². The summed E-state index contributed by atoms with van der Waals surface area (Å²) in [6.45, 7) is 7.57. The van der Waals surface area contributed by atoms with Crippen LogP contribution < -0.4 is 4.90 Å². The van der Waals surface area contributed by atoms with Gasteiger partial charge in [-0.3, -0.25) is 4.79 Å². The SMILES string of the molecule is CCN(CC)c1nc(C(C)=O)cs1. The minimum absolute atomic E-state index is 0.0367. The Balaban J connectivity index is 2.84. The van der Waals surface area contributed by atoms with Gasteiger partial charge in [-0.1, -0.05) is 0 Å². The number of carbonyl (C=O) groups excluding carboxylic acids is 1. The van der Waals surface area contributed by atoms with E-state index >= 15 is 0 Å². The van der Waals surface area contributed by atoms with Gasteiger partial charge in [0.2, 0.25) is 0 Å². The molecule has 0 unspecified atom stereocenters. The van der Waals surface area contributed by atoms with Crippen molar-refractivity contribution in [2.45, 2.75) is 20.8 Å². The molecule has 1 aromatic heterocycles. The number of thiazole rings is 1. The van der Waals surface area contributed by atoms with Gasteiger partial charge in [0.05, 0.1) is 0 Å². The third-order valence-electron chi connectivity index (χ3n) is 1.89. The van der Waals surface area contributed by atoms with Gasteiger partial charge in [-0.25, -0.2) is 4.98 Å². The highest BCUT2D eigenvalue weighted by molar-refractivity contribution is 7.13. The van der Waals surface area contributed by atoms with E-state index < -0.39 is 0 Å². The van der Waals surface area contributed by atoms with E-state index in [2.05, 4.69) is 23.7 Å². The van der Waals surface area contributed by atoms with Gasteiger partial charge in [0, 0.05) is 25.4 Å². The molecule has 0 saturated carbocycles. The summed E-state index contributed by atoms with van der Waals surface area (Å²) in [5.41, 5.74) is 0.576. The summed E-state index contributed by atoms with van der Waals surface area (Å²) >= 11 is 1.53. The minimum atomic E-state index is 0.0367. The largest absolute Gasteiger partial charge is 0.349 e. The minimum Gasteiger partial charge on any atom is -0.349 e. The number of ketones is 1. The Bertz CT molecular complexity index is 292. The van der Waals surface area contributed by atoms with Crippen LogP contribution in [-0.4, -0.2) is 23.9 Å². The van der Waals surface area contributed by atoms with Crippen LogP contribution in [0.4, 0.5) is 5.13 Å². The van der Waals surface area contributed by atoms with Crippen molar-refractivity contribution in [3.63, 3.8) is 0 Å². The molecule has 0 fully saturated rings. The van der Waals surface area contributed by atoms with Crippen molar-refractivity contribution in [3.8, 4) is 0 Å². The predicted molar refractivity (Wildman–Crippen MR) is 55.7 cm³/mol. The Labute approximate surface area is 82.4 Å². The second-order valence-corrected chi connectivity index (χ2v) is 3.58. The summed E-state index contributed by atoms with van der Waals surface area (Å²) in [5, 5.41) is 2.76. The Hall–Kier alpha value is -0.900. The van der Waals surface area contributed by atoms with E-state index in [1.807, 2.05) is 5.38 Å². The van der Waals surface area contributed by atoms with Crippen LogP contribution in [0.2, 0.25) is 0 Å². The lowest BCUT2D eigenvalue weighted by atomic mass is 10.4. The molecule has 0 aliphatic rings. The first-order valence-electron chi connectivity index (χ1n) is 4.40. The monoisotopic (exact) mass is 198 g/mol. The van der Waals surface area contributed by atoms with Crippen molar-refractivity contribution in [2.24, 2.45) is 0 Å². The molecule has 0 spiro atoms. The molecule has 0 amide bonds. The lowest BCUT2D eigenvalue weighted by molar-refractivity contribution is 0.101. The van der Waals surface area contributed by atoms with Crippen molar-refractivity contribution < 1.29 is 4.79 Å². The first-order valence-corrected chi connectivity index (χ1v) is 5.28.